The molecule has 3 aromatic rings. The number of rotatable bonds is 5. The van der Waals surface area contributed by atoms with E-state index in [-0.39, 0.29) is 5.41 Å². The third kappa shape index (κ3) is 3.39. The van der Waals surface area contributed by atoms with E-state index in [9.17, 15) is 0 Å². The van der Waals surface area contributed by atoms with Crippen LogP contribution in [0.4, 0.5) is 0 Å². The number of methoxy groups -OCH3 is 1. The highest BCUT2D eigenvalue weighted by Crippen LogP contribution is 2.41. The van der Waals surface area contributed by atoms with Crippen molar-refractivity contribution in [1.82, 2.24) is 20.1 Å². The maximum absolute atomic E-state index is 5.27. The minimum absolute atomic E-state index is 0.220. The first kappa shape index (κ1) is 17.2. The van der Waals surface area contributed by atoms with Crippen LogP contribution >= 0.6 is 11.3 Å². The van der Waals surface area contributed by atoms with Gasteiger partial charge in [0.15, 0.2) is 0 Å². The number of hydrogen-bond donors (Lipinski definition) is 1. The fourth-order valence-electron chi connectivity index (χ4n) is 3.72. The van der Waals surface area contributed by atoms with Crippen molar-refractivity contribution in [1.29, 1.82) is 0 Å². The summed E-state index contributed by atoms with van der Waals surface area (Å²) < 4.78 is 7.35. The number of fused-ring (bicyclic) bond motifs is 1. The van der Waals surface area contributed by atoms with Gasteiger partial charge in [0.1, 0.15) is 10.8 Å². The van der Waals surface area contributed by atoms with Crippen LogP contribution in [-0.2, 0) is 13.0 Å². The minimum atomic E-state index is 0.220. The topological polar surface area (TPSA) is 52.0 Å². The molecule has 1 aliphatic rings. The molecule has 0 amide bonds. The lowest BCUT2D eigenvalue weighted by atomic mass is 9.74. The molecule has 0 aliphatic heterocycles. The lowest BCUT2D eigenvalue weighted by Crippen LogP contribution is -2.33. The highest BCUT2D eigenvalue weighted by atomic mass is 32.1. The third-order valence-electron chi connectivity index (χ3n) is 4.98. The highest BCUT2D eigenvalue weighted by Gasteiger charge is 2.35. The molecule has 0 radical (unpaired) electrons. The van der Waals surface area contributed by atoms with Crippen molar-refractivity contribution in [2.24, 2.45) is 5.41 Å². The molecule has 0 spiro atoms. The summed E-state index contributed by atoms with van der Waals surface area (Å²) in [4.78, 5) is 4.39. The van der Waals surface area contributed by atoms with Crippen LogP contribution in [0.15, 0.2) is 42.0 Å². The van der Waals surface area contributed by atoms with Crippen molar-refractivity contribution in [2.45, 2.75) is 39.3 Å². The molecule has 1 aromatic carbocycles. The van der Waals surface area contributed by atoms with Gasteiger partial charge >= 0.3 is 0 Å². The summed E-state index contributed by atoms with van der Waals surface area (Å²) in [5.41, 5.74) is 3.89. The molecule has 2 heterocycles. The van der Waals surface area contributed by atoms with E-state index in [1.54, 1.807) is 18.4 Å². The summed E-state index contributed by atoms with van der Waals surface area (Å²) in [6.45, 7) is 5.46. The summed E-state index contributed by atoms with van der Waals surface area (Å²) in [5.74, 6) is 0.859. The van der Waals surface area contributed by atoms with Crippen LogP contribution in [0.2, 0.25) is 0 Å². The summed E-state index contributed by atoms with van der Waals surface area (Å²) in [6, 6.07) is 8.38. The summed E-state index contributed by atoms with van der Waals surface area (Å²) in [7, 11) is 1.69. The van der Waals surface area contributed by atoms with Gasteiger partial charge in [0.25, 0.3) is 0 Å². The van der Waals surface area contributed by atoms with Crippen molar-refractivity contribution in [2.75, 3.05) is 7.11 Å². The smallest absolute Gasteiger partial charge is 0.119 e. The molecule has 6 heteroatoms. The molecular weight excluding hydrogens is 344 g/mol. The second kappa shape index (κ2) is 6.85. The Hall–Kier alpha value is -2.18. The van der Waals surface area contributed by atoms with Crippen LogP contribution in [0, 0.1) is 5.41 Å². The van der Waals surface area contributed by atoms with Gasteiger partial charge in [-0.15, -0.1) is 11.3 Å². The Kier molecular flexibility index (Phi) is 4.54. The molecule has 1 atom stereocenters. The van der Waals surface area contributed by atoms with Crippen LogP contribution in [-0.4, -0.2) is 21.9 Å². The SMILES string of the molecule is COc1ccc(-n2ncc3c2CC(C)(C)CC3NCc2nccs2)cc1. The number of nitrogens with one attached hydrogen (secondary N) is 1. The van der Waals surface area contributed by atoms with Gasteiger partial charge in [0.2, 0.25) is 0 Å². The molecule has 2 aromatic heterocycles. The van der Waals surface area contributed by atoms with Crippen molar-refractivity contribution < 1.29 is 4.74 Å². The third-order valence-corrected chi connectivity index (χ3v) is 5.76. The number of thiazole rings is 1. The van der Waals surface area contributed by atoms with E-state index in [0.717, 1.165) is 35.8 Å². The fourth-order valence-corrected chi connectivity index (χ4v) is 4.29. The number of aromatic nitrogens is 3. The molecule has 136 valence electrons. The first-order valence-corrected chi connectivity index (χ1v) is 9.77. The maximum Gasteiger partial charge on any atom is 0.119 e. The lowest BCUT2D eigenvalue weighted by molar-refractivity contribution is 0.252. The van der Waals surface area contributed by atoms with Gasteiger partial charge in [-0.25, -0.2) is 9.67 Å². The average molecular weight is 369 g/mol. The molecule has 1 unspecified atom stereocenters. The lowest BCUT2D eigenvalue weighted by Gasteiger charge is -2.36. The van der Waals surface area contributed by atoms with Crippen LogP contribution in [0.3, 0.4) is 0 Å². The molecule has 0 saturated carbocycles. The number of ether oxygens (including phenoxy) is 1. The molecule has 0 saturated heterocycles. The molecule has 1 N–H and O–H groups in total. The molecule has 1 aliphatic carbocycles. The Bertz CT molecular complexity index is 868. The molecule has 5 nitrogen and oxygen atoms in total. The summed E-state index contributed by atoms with van der Waals surface area (Å²) in [6.07, 6.45) is 6.00. The number of nitrogens with zero attached hydrogens (tertiary/aromatic N) is 3. The van der Waals surface area contributed by atoms with Crippen molar-refractivity contribution in [3.05, 3.63) is 58.3 Å². The van der Waals surface area contributed by atoms with Crippen molar-refractivity contribution in [3.8, 4) is 11.4 Å². The first-order chi connectivity index (χ1) is 12.6. The van der Waals surface area contributed by atoms with Crippen molar-refractivity contribution in [3.63, 3.8) is 0 Å². The predicted molar refractivity (Wildman–Crippen MR) is 104 cm³/mol. The van der Waals surface area contributed by atoms with E-state index in [4.69, 9.17) is 9.84 Å². The Morgan fingerprint density at radius 1 is 1.31 bits per heavy atom. The van der Waals surface area contributed by atoms with Crippen molar-refractivity contribution >= 4 is 11.3 Å². The van der Waals surface area contributed by atoms with E-state index in [1.165, 1.54) is 11.3 Å². The van der Waals surface area contributed by atoms with Crippen LogP contribution < -0.4 is 10.1 Å². The fraction of sp³-hybridized carbons (Fsp3) is 0.400. The Balaban J connectivity index is 1.64. The summed E-state index contributed by atoms with van der Waals surface area (Å²) in [5, 5.41) is 11.5. The second-order valence-corrected chi connectivity index (χ2v) is 8.54. The monoisotopic (exact) mass is 368 g/mol. The second-order valence-electron chi connectivity index (χ2n) is 7.56. The highest BCUT2D eigenvalue weighted by molar-refractivity contribution is 7.09. The largest absolute Gasteiger partial charge is 0.497 e. The van der Waals surface area contributed by atoms with E-state index >= 15 is 0 Å². The Morgan fingerprint density at radius 2 is 2.12 bits per heavy atom. The molecule has 0 bridgehead atoms. The zero-order valence-electron chi connectivity index (χ0n) is 15.4. The predicted octanol–water partition coefficient (Wildman–Crippen LogP) is 4.14. The van der Waals surface area contributed by atoms with Gasteiger partial charge < -0.3 is 10.1 Å². The van der Waals surface area contributed by atoms with Crippen LogP contribution in [0.1, 0.15) is 42.6 Å². The first-order valence-electron chi connectivity index (χ1n) is 8.89. The van der Waals surface area contributed by atoms with Crippen LogP contribution in [0.25, 0.3) is 5.69 Å². The zero-order chi connectivity index (χ0) is 18.1. The standard InChI is InChI=1S/C20H24N4OS/c1-20(2)10-17(22-13-19-21-8-9-26-19)16-12-23-24(18(16)11-20)14-4-6-15(25-3)7-5-14/h4-9,12,17,22H,10-11,13H2,1-3H3. The minimum Gasteiger partial charge on any atom is -0.497 e. The average Bonchev–Trinajstić information content (AvgIpc) is 3.28. The number of benzene rings is 1. The molecule has 4 rings (SSSR count). The zero-order valence-corrected chi connectivity index (χ0v) is 16.2. The van der Waals surface area contributed by atoms with E-state index in [2.05, 4.69) is 41.0 Å². The van der Waals surface area contributed by atoms with E-state index in [0.29, 0.717) is 6.04 Å². The van der Waals surface area contributed by atoms with Gasteiger partial charge in [0.05, 0.1) is 19.0 Å². The Morgan fingerprint density at radius 3 is 2.81 bits per heavy atom. The van der Waals surface area contributed by atoms with Crippen LogP contribution in [0.5, 0.6) is 5.75 Å². The van der Waals surface area contributed by atoms with Gasteiger partial charge in [-0.3, -0.25) is 0 Å². The normalized spacial score (nSPS) is 18.5. The number of hydrogen-bond acceptors (Lipinski definition) is 5. The van der Waals surface area contributed by atoms with Gasteiger partial charge in [-0.2, -0.15) is 5.10 Å². The van der Waals surface area contributed by atoms with E-state index in [1.807, 2.05) is 29.9 Å². The quantitative estimate of drug-likeness (QED) is 0.735. The van der Waals surface area contributed by atoms with Gasteiger partial charge in [-0.1, -0.05) is 13.8 Å². The molecule has 0 fully saturated rings. The Labute approximate surface area is 158 Å². The molecule has 26 heavy (non-hydrogen) atoms. The molecular formula is C20H24N4OS. The maximum atomic E-state index is 5.27. The summed E-state index contributed by atoms with van der Waals surface area (Å²) >= 11 is 1.69. The van der Waals surface area contributed by atoms with E-state index < -0.39 is 0 Å². The van der Waals surface area contributed by atoms with Gasteiger partial charge in [-0.05, 0) is 42.5 Å². The van der Waals surface area contributed by atoms with Gasteiger partial charge in [0, 0.05) is 35.4 Å².